The summed E-state index contributed by atoms with van der Waals surface area (Å²) in [6, 6.07) is 9.58. The number of primary amides is 1. The van der Waals surface area contributed by atoms with Crippen molar-refractivity contribution >= 4 is 17.6 Å². The predicted octanol–water partition coefficient (Wildman–Crippen LogP) is 0.273. The fraction of sp³-hybridized carbons (Fsp3) is 0.158. The fourth-order valence-corrected chi connectivity index (χ4v) is 2.81. The highest BCUT2D eigenvalue weighted by atomic mass is 16.2. The quantitative estimate of drug-likeness (QED) is 0.567. The van der Waals surface area contributed by atoms with E-state index in [2.05, 4.69) is 20.4 Å². The van der Waals surface area contributed by atoms with Gasteiger partial charge in [-0.25, -0.2) is 9.97 Å². The van der Waals surface area contributed by atoms with E-state index < -0.39 is 23.6 Å². The number of Topliss-reactive ketones (excluding diaryl/α,β-unsaturated/α-hetero) is 1. The van der Waals surface area contributed by atoms with Gasteiger partial charge in [0.05, 0.1) is 23.1 Å². The summed E-state index contributed by atoms with van der Waals surface area (Å²) in [6.07, 6.45) is 4.42. The van der Waals surface area contributed by atoms with E-state index in [1.807, 2.05) is 6.07 Å². The monoisotopic (exact) mass is 378 g/mol. The summed E-state index contributed by atoms with van der Waals surface area (Å²) in [5, 5.41) is 6.70. The molecule has 3 rings (SSSR count). The fourth-order valence-electron chi connectivity index (χ4n) is 2.81. The Bertz CT molecular complexity index is 1000. The van der Waals surface area contributed by atoms with Crippen LogP contribution in [0.4, 0.5) is 0 Å². The minimum atomic E-state index is -1.11. The summed E-state index contributed by atoms with van der Waals surface area (Å²) in [7, 11) is 1.67. The molecule has 0 aliphatic heterocycles. The number of hydrogen-bond donors (Lipinski definition) is 2. The normalized spacial score (nSPS) is 11.6. The number of aryl methyl sites for hydroxylation is 1. The first-order valence-corrected chi connectivity index (χ1v) is 8.44. The number of nitrogens with one attached hydrogen (secondary N) is 1. The predicted molar refractivity (Wildman–Crippen MR) is 99.8 cm³/mol. The van der Waals surface area contributed by atoms with Crippen molar-refractivity contribution in [3.8, 4) is 11.4 Å². The largest absolute Gasteiger partial charge is 0.363 e. The summed E-state index contributed by atoms with van der Waals surface area (Å²) in [6.45, 7) is 0. The molecule has 1 atom stereocenters. The number of carbonyl (C=O) groups excluding carboxylic acids is 3. The number of benzene rings is 1. The van der Waals surface area contributed by atoms with Crippen LogP contribution >= 0.6 is 0 Å². The molecule has 142 valence electrons. The number of nitrogens with zero attached hydrogens (tertiary/aromatic N) is 4. The third-order valence-electron chi connectivity index (χ3n) is 4.16. The van der Waals surface area contributed by atoms with E-state index in [0.29, 0.717) is 11.4 Å². The molecule has 0 aliphatic carbocycles. The lowest BCUT2D eigenvalue weighted by Gasteiger charge is -2.16. The van der Waals surface area contributed by atoms with Crippen LogP contribution in [0, 0.1) is 0 Å². The van der Waals surface area contributed by atoms with Gasteiger partial charge in [0.2, 0.25) is 5.78 Å². The van der Waals surface area contributed by atoms with Crippen molar-refractivity contribution in [3.63, 3.8) is 0 Å². The van der Waals surface area contributed by atoms with E-state index >= 15 is 0 Å². The molecule has 0 radical (unpaired) electrons. The van der Waals surface area contributed by atoms with Crippen LogP contribution in [-0.2, 0) is 23.1 Å². The maximum absolute atomic E-state index is 12.9. The molecule has 0 bridgehead atoms. The molecule has 3 aromatic rings. The molecule has 0 saturated carbocycles. The molecule has 1 aromatic carbocycles. The Hall–Kier alpha value is -3.88. The highest BCUT2D eigenvalue weighted by molar-refractivity contribution is 6.38. The number of carbonyl (C=O) groups is 3. The molecule has 2 aromatic heterocycles. The Morgan fingerprint density at radius 2 is 1.93 bits per heavy atom. The van der Waals surface area contributed by atoms with Gasteiger partial charge in [-0.3, -0.25) is 19.1 Å². The molecule has 9 nitrogen and oxygen atoms in total. The maximum atomic E-state index is 12.9. The first-order chi connectivity index (χ1) is 13.5. The van der Waals surface area contributed by atoms with Crippen molar-refractivity contribution in [1.29, 1.82) is 0 Å². The van der Waals surface area contributed by atoms with Crippen LogP contribution in [0.1, 0.15) is 15.9 Å². The maximum Gasteiger partial charge on any atom is 0.287 e. The SMILES string of the molecule is Cn1ncc(C(=O)N[C@@H](Cc2ccccc2)C(=O)C(N)=O)c1-c1ccncn1. The highest BCUT2D eigenvalue weighted by Crippen LogP contribution is 2.20. The van der Waals surface area contributed by atoms with Gasteiger partial charge in [-0.2, -0.15) is 5.10 Å². The van der Waals surface area contributed by atoms with E-state index in [-0.39, 0.29) is 12.0 Å². The van der Waals surface area contributed by atoms with Gasteiger partial charge in [0.1, 0.15) is 12.4 Å². The second-order valence-corrected chi connectivity index (χ2v) is 6.07. The standard InChI is InChI=1S/C19H18N6O3/c1-25-16(14-7-8-21-11-22-14)13(10-23-25)19(28)24-15(17(26)18(20)27)9-12-5-3-2-4-6-12/h2-8,10-11,15H,9H2,1H3,(H2,20,27)(H,24,28)/t15-/m0/s1. The second kappa shape index (κ2) is 8.21. The van der Waals surface area contributed by atoms with Gasteiger partial charge in [-0.1, -0.05) is 30.3 Å². The van der Waals surface area contributed by atoms with Crippen molar-refractivity contribution < 1.29 is 14.4 Å². The molecule has 2 amide bonds. The van der Waals surface area contributed by atoms with Gasteiger partial charge in [0.25, 0.3) is 11.8 Å². The first-order valence-electron chi connectivity index (χ1n) is 8.44. The number of amides is 2. The van der Waals surface area contributed by atoms with E-state index in [1.165, 1.54) is 17.2 Å². The molecule has 9 heteroatoms. The molecule has 0 fully saturated rings. The smallest absolute Gasteiger partial charge is 0.287 e. The lowest BCUT2D eigenvalue weighted by Crippen LogP contribution is -2.47. The molecule has 0 spiro atoms. The van der Waals surface area contributed by atoms with Crippen molar-refractivity contribution in [2.45, 2.75) is 12.5 Å². The molecule has 0 unspecified atom stereocenters. The second-order valence-electron chi connectivity index (χ2n) is 6.07. The summed E-state index contributed by atoms with van der Waals surface area (Å²) in [5.41, 5.74) is 7.12. The summed E-state index contributed by atoms with van der Waals surface area (Å²) >= 11 is 0. The van der Waals surface area contributed by atoms with Gasteiger partial charge < -0.3 is 11.1 Å². The Kier molecular flexibility index (Phi) is 5.54. The molecule has 0 aliphatic rings. The van der Waals surface area contributed by atoms with E-state index in [1.54, 1.807) is 43.6 Å². The molecular formula is C19H18N6O3. The Morgan fingerprint density at radius 3 is 2.57 bits per heavy atom. The minimum absolute atomic E-state index is 0.136. The van der Waals surface area contributed by atoms with Gasteiger partial charge in [-0.05, 0) is 11.6 Å². The summed E-state index contributed by atoms with van der Waals surface area (Å²) in [5.74, 6) is -2.54. The van der Waals surface area contributed by atoms with Crippen molar-refractivity contribution in [2.75, 3.05) is 0 Å². The summed E-state index contributed by atoms with van der Waals surface area (Å²) < 4.78 is 1.50. The van der Waals surface area contributed by atoms with Gasteiger partial charge >= 0.3 is 0 Å². The van der Waals surface area contributed by atoms with Crippen LogP contribution in [0.3, 0.4) is 0 Å². The van der Waals surface area contributed by atoms with Gasteiger partial charge in [0, 0.05) is 19.7 Å². The number of aromatic nitrogens is 4. The molecule has 3 N–H and O–H groups in total. The van der Waals surface area contributed by atoms with Gasteiger partial charge in [0.15, 0.2) is 0 Å². The van der Waals surface area contributed by atoms with E-state index in [4.69, 9.17) is 5.73 Å². The van der Waals surface area contributed by atoms with Crippen molar-refractivity contribution in [2.24, 2.45) is 12.8 Å². The average Bonchev–Trinajstić information content (AvgIpc) is 3.09. The van der Waals surface area contributed by atoms with Crippen LogP contribution in [-0.4, -0.2) is 43.4 Å². The van der Waals surface area contributed by atoms with Crippen molar-refractivity contribution in [3.05, 3.63) is 66.2 Å². The zero-order chi connectivity index (χ0) is 20.1. The third-order valence-corrected chi connectivity index (χ3v) is 4.16. The number of rotatable bonds is 7. The molecule has 0 saturated heterocycles. The number of ketones is 1. The zero-order valence-corrected chi connectivity index (χ0v) is 15.1. The van der Waals surface area contributed by atoms with Crippen LogP contribution in [0.25, 0.3) is 11.4 Å². The van der Waals surface area contributed by atoms with Crippen LogP contribution in [0.15, 0.2) is 55.1 Å². The third kappa shape index (κ3) is 4.09. The Balaban J connectivity index is 1.89. The number of hydrogen-bond acceptors (Lipinski definition) is 6. The van der Waals surface area contributed by atoms with Crippen LogP contribution in [0.2, 0.25) is 0 Å². The summed E-state index contributed by atoms with van der Waals surface area (Å²) in [4.78, 5) is 44.5. The van der Waals surface area contributed by atoms with E-state index in [9.17, 15) is 14.4 Å². The van der Waals surface area contributed by atoms with Crippen LogP contribution in [0.5, 0.6) is 0 Å². The lowest BCUT2D eigenvalue weighted by atomic mass is 10.0. The molecule has 28 heavy (non-hydrogen) atoms. The van der Waals surface area contributed by atoms with E-state index in [0.717, 1.165) is 5.56 Å². The average molecular weight is 378 g/mol. The van der Waals surface area contributed by atoms with Crippen molar-refractivity contribution in [1.82, 2.24) is 25.1 Å². The molecular weight excluding hydrogens is 360 g/mol. The van der Waals surface area contributed by atoms with Crippen LogP contribution < -0.4 is 11.1 Å². The topological polar surface area (TPSA) is 133 Å². The lowest BCUT2D eigenvalue weighted by molar-refractivity contribution is -0.137. The van der Waals surface area contributed by atoms with Gasteiger partial charge in [-0.15, -0.1) is 0 Å². The Morgan fingerprint density at radius 1 is 1.18 bits per heavy atom. The highest BCUT2D eigenvalue weighted by Gasteiger charge is 2.28. The Labute approximate surface area is 160 Å². The number of nitrogens with two attached hydrogens (primary N) is 1. The first kappa shape index (κ1) is 18.9. The molecule has 2 heterocycles. The minimum Gasteiger partial charge on any atom is -0.363 e. The zero-order valence-electron chi connectivity index (χ0n) is 15.1.